The fraction of sp³-hybridized carbons (Fsp3) is 0. The number of hydrogen-bond donors (Lipinski definition) is 1. The molecule has 0 unspecified atom stereocenters. The van der Waals surface area contributed by atoms with Crippen molar-refractivity contribution in [3.05, 3.63) is 36.4 Å². The summed E-state index contributed by atoms with van der Waals surface area (Å²) in [6, 6.07) is 12.6. The van der Waals surface area contributed by atoms with Gasteiger partial charge in [-0.15, -0.1) is 0 Å². The van der Waals surface area contributed by atoms with Crippen LogP contribution in [0.4, 0.5) is 4.69 Å². The molecule has 1 heterocycles. The standard InChI is InChI=1S/C11H8N2Se/c12-11-13-10-8-4-2-1-3-7(8)5-6-9(10)14-11/h1-6H,(H2,12,13). The van der Waals surface area contributed by atoms with E-state index in [0.717, 1.165) is 10.2 Å². The molecule has 68 valence electrons. The van der Waals surface area contributed by atoms with E-state index in [1.54, 1.807) is 0 Å². The van der Waals surface area contributed by atoms with Gasteiger partial charge in [0.2, 0.25) is 0 Å². The summed E-state index contributed by atoms with van der Waals surface area (Å²) in [6.45, 7) is 0. The van der Waals surface area contributed by atoms with Gasteiger partial charge in [-0.05, 0) is 0 Å². The average Bonchev–Trinajstić information content (AvgIpc) is 2.59. The monoisotopic (exact) mass is 248 g/mol. The molecular weight excluding hydrogens is 239 g/mol. The molecule has 0 bridgehead atoms. The van der Waals surface area contributed by atoms with E-state index in [2.05, 4.69) is 29.2 Å². The fourth-order valence-electron chi connectivity index (χ4n) is 1.68. The van der Waals surface area contributed by atoms with Crippen LogP contribution in [-0.2, 0) is 0 Å². The summed E-state index contributed by atoms with van der Waals surface area (Å²) in [5.41, 5.74) is 6.84. The van der Waals surface area contributed by atoms with Crippen molar-refractivity contribution >= 4 is 39.7 Å². The first kappa shape index (κ1) is 8.04. The minimum absolute atomic E-state index is 0.235. The second-order valence-corrected chi connectivity index (χ2v) is 5.41. The third-order valence-corrected chi connectivity index (χ3v) is 4.08. The number of rotatable bonds is 0. The molecule has 0 atom stereocenters. The number of nitrogens with two attached hydrogens (primary N) is 1. The normalized spacial score (nSPS) is 11.1. The molecule has 0 aliphatic carbocycles. The summed E-state index contributed by atoms with van der Waals surface area (Å²) in [4.78, 5) is 4.40. The van der Waals surface area contributed by atoms with Crippen LogP contribution >= 0.6 is 0 Å². The molecule has 2 nitrogen and oxygen atoms in total. The number of aromatic nitrogens is 1. The van der Waals surface area contributed by atoms with Crippen LogP contribution < -0.4 is 5.73 Å². The minimum atomic E-state index is 0.235. The Labute approximate surface area is 87.1 Å². The molecule has 0 amide bonds. The number of benzene rings is 2. The topological polar surface area (TPSA) is 38.9 Å². The van der Waals surface area contributed by atoms with E-state index in [-0.39, 0.29) is 14.5 Å². The van der Waals surface area contributed by atoms with Crippen LogP contribution in [-0.4, -0.2) is 19.5 Å². The van der Waals surface area contributed by atoms with Crippen LogP contribution in [0.2, 0.25) is 0 Å². The van der Waals surface area contributed by atoms with Gasteiger partial charge in [0.05, 0.1) is 0 Å². The molecule has 0 radical (unpaired) electrons. The van der Waals surface area contributed by atoms with E-state index in [0.29, 0.717) is 0 Å². The molecule has 3 heteroatoms. The van der Waals surface area contributed by atoms with E-state index in [4.69, 9.17) is 5.73 Å². The van der Waals surface area contributed by atoms with Crippen molar-refractivity contribution in [1.29, 1.82) is 0 Å². The van der Waals surface area contributed by atoms with Crippen LogP contribution in [0.25, 0.3) is 20.5 Å². The van der Waals surface area contributed by atoms with Gasteiger partial charge in [0, 0.05) is 0 Å². The molecule has 0 aliphatic rings. The van der Waals surface area contributed by atoms with Crippen LogP contribution in [0.1, 0.15) is 0 Å². The fourth-order valence-corrected chi connectivity index (χ4v) is 3.25. The molecule has 0 saturated heterocycles. The maximum absolute atomic E-state index is 5.75. The third kappa shape index (κ3) is 1.07. The van der Waals surface area contributed by atoms with Crippen LogP contribution in [0, 0.1) is 0 Å². The molecule has 2 N–H and O–H groups in total. The van der Waals surface area contributed by atoms with Gasteiger partial charge in [-0.2, -0.15) is 0 Å². The number of fused-ring (bicyclic) bond motifs is 3. The maximum atomic E-state index is 5.75. The molecule has 14 heavy (non-hydrogen) atoms. The summed E-state index contributed by atoms with van der Waals surface area (Å²) in [6.07, 6.45) is 0. The SMILES string of the molecule is Nc1nc2c(ccc3ccccc32)[se]1. The van der Waals surface area contributed by atoms with Gasteiger partial charge in [-0.3, -0.25) is 0 Å². The number of nitrogen functional groups attached to an aromatic ring is 1. The summed E-state index contributed by atoms with van der Waals surface area (Å²) < 4.78 is 2.08. The van der Waals surface area contributed by atoms with Crippen molar-refractivity contribution in [3.63, 3.8) is 0 Å². The van der Waals surface area contributed by atoms with Gasteiger partial charge in [0.25, 0.3) is 0 Å². The Morgan fingerprint density at radius 2 is 1.93 bits per heavy atom. The van der Waals surface area contributed by atoms with Gasteiger partial charge < -0.3 is 0 Å². The first-order chi connectivity index (χ1) is 6.84. The Hall–Kier alpha value is -1.31. The molecule has 3 aromatic rings. The Morgan fingerprint density at radius 3 is 2.86 bits per heavy atom. The molecular formula is C11H8N2Se. The van der Waals surface area contributed by atoms with Gasteiger partial charge >= 0.3 is 86.9 Å². The summed E-state index contributed by atoms with van der Waals surface area (Å²) in [5, 5.41) is 2.45. The third-order valence-electron chi connectivity index (χ3n) is 2.30. The molecule has 2 aromatic carbocycles. The summed E-state index contributed by atoms with van der Waals surface area (Å²) in [7, 11) is 0. The molecule has 1 aromatic heterocycles. The van der Waals surface area contributed by atoms with E-state index in [1.807, 2.05) is 12.1 Å². The van der Waals surface area contributed by atoms with E-state index >= 15 is 0 Å². The Morgan fingerprint density at radius 1 is 1.07 bits per heavy atom. The zero-order chi connectivity index (χ0) is 9.54. The molecule has 0 spiro atoms. The number of hydrogen-bond acceptors (Lipinski definition) is 2. The Bertz CT molecular complexity index is 613. The second kappa shape index (κ2) is 2.84. The first-order valence-electron chi connectivity index (χ1n) is 4.38. The zero-order valence-electron chi connectivity index (χ0n) is 7.40. The first-order valence-corrected chi connectivity index (χ1v) is 6.10. The number of nitrogens with zero attached hydrogens (tertiary/aromatic N) is 1. The number of anilines is 1. The van der Waals surface area contributed by atoms with E-state index in [9.17, 15) is 0 Å². The van der Waals surface area contributed by atoms with Gasteiger partial charge in [0.1, 0.15) is 0 Å². The van der Waals surface area contributed by atoms with Crippen molar-refractivity contribution in [2.45, 2.75) is 0 Å². The molecule has 0 fully saturated rings. The Kier molecular flexibility index (Phi) is 1.63. The zero-order valence-corrected chi connectivity index (χ0v) is 9.11. The summed E-state index contributed by atoms with van der Waals surface area (Å²) >= 11 is 0.235. The van der Waals surface area contributed by atoms with Crippen molar-refractivity contribution in [2.24, 2.45) is 0 Å². The average molecular weight is 247 g/mol. The quantitative estimate of drug-likeness (QED) is 0.617. The predicted octanol–water partition coefficient (Wildman–Crippen LogP) is 2.03. The summed E-state index contributed by atoms with van der Waals surface area (Å²) in [5.74, 6) is 0. The molecule has 0 saturated carbocycles. The van der Waals surface area contributed by atoms with Crippen molar-refractivity contribution in [1.82, 2.24) is 4.98 Å². The van der Waals surface area contributed by atoms with E-state index < -0.39 is 0 Å². The van der Waals surface area contributed by atoms with Crippen molar-refractivity contribution in [3.8, 4) is 0 Å². The van der Waals surface area contributed by atoms with Crippen LogP contribution in [0.15, 0.2) is 36.4 Å². The van der Waals surface area contributed by atoms with Crippen LogP contribution in [0.5, 0.6) is 0 Å². The van der Waals surface area contributed by atoms with Gasteiger partial charge in [-0.25, -0.2) is 0 Å². The second-order valence-electron chi connectivity index (χ2n) is 3.19. The van der Waals surface area contributed by atoms with Crippen molar-refractivity contribution in [2.75, 3.05) is 5.73 Å². The Balaban J connectivity index is 2.60. The predicted molar refractivity (Wildman–Crippen MR) is 60.6 cm³/mol. The van der Waals surface area contributed by atoms with Crippen LogP contribution in [0.3, 0.4) is 0 Å². The van der Waals surface area contributed by atoms with E-state index in [1.165, 1.54) is 15.0 Å². The molecule has 0 aliphatic heterocycles. The molecule has 3 rings (SSSR count). The van der Waals surface area contributed by atoms with Gasteiger partial charge in [-0.1, -0.05) is 0 Å². The van der Waals surface area contributed by atoms with Crippen molar-refractivity contribution < 1.29 is 0 Å². The van der Waals surface area contributed by atoms with Gasteiger partial charge in [0.15, 0.2) is 0 Å².